The van der Waals surface area contributed by atoms with Crippen LogP contribution in [0.5, 0.6) is 17.2 Å². The van der Waals surface area contributed by atoms with Gasteiger partial charge >= 0.3 is 0 Å². The van der Waals surface area contributed by atoms with E-state index in [0.717, 1.165) is 11.1 Å². The Morgan fingerprint density at radius 3 is 2.39 bits per heavy atom. The quantitative estimate of drug-likeness (QED) is 0.423. The zero-order chi connectivity index (χ0) is 22.5. The number of amides is 1. The summed E-state index contributed by atoms with van der Waals surface area (Å²) in [5.41, 5.74) is 2.29. The van der Waals surface area contributed by atoms with E-state index in [4.69, 9.17) is 14.2 Å². The van der Waals surface area contributed by atoms with Crippen LogP contribution >= 0.6 is 11.8 Å². The van der Waals surface area contributed by atoms with E-state index in [0.29, 0.717) is 39.9 Å². The molecule has 164 valence electrons. The Balaban J connectivity index is 1.68. The van der Waals surface area contributed by atoms with Crippen LogP contribution < -0.4 is 25.1 Å². The number of ether oxygens (including phenoxy) is 3. The van der Waals surface area contributed by atoms with Crippen LogP contribution in [-0.2, 0) is 18.4 Å². The fourth-order valence-corrected chi connectivity index (χ4v) is 3.91. The minimum atomic E-state index is -0.183. The predicted octanol–water partition coefficient (Wildman–Crippen LogP) is 2.68. The Hall–Kier alpha value is -3.20. The number of carbonyl (C=O) groups is 1. The number of hydrogen-bond donors (Lipinski definition) is 1. The molecule has 0 fully saturated rings. The average Bonchev–Trinajstić information content (AvgIpc) is 2.78. The van der Waals surface area contributed by atoms with Crippen LogP contribution in [0.15, 0.2) is 40.3 Å². The molecule has 0 unspecified atom stereocenters. The third-order valence-corrected chi connectivity index (χ3v) is 5.77. The van der Waals surface area contributed by atoms with E-state index in [2.05, 4.69) is 10.3 Å². The Kier molecular flexibility index (Phi) is 7.06. The molecule has 0 aliphatic heterocycles. The third-order valence-electron chi connectivity index (χ3n) is 4.74. The third kappa shape index (κ3) is 4.93. The van der Waals surface area contributed by atoms with Crippen LogP contribution in [-0.4, -0.2) is 42.5 Å². The van der Waals surface area contributed by atoms with Crippen molar-refractivity contribution in [3.63, 3.8) is 0 Å². The van der Waals surface area contributed by atoms with Gasteiger partial charge in [-0.05, 0) is 36.8 Å². The highest BCUT2D eigenvalue weighted by molar-refractivity contribution is 7.99. The fourth-order valence-electron chi connectivity index (χ4n) is 3.11. The molecule has 0 atom stereocenters. The van der Waals surface area contributed by atoms with Crippen molar-refractivity contribution in [3.05, 3.63) is 51.8 Å². The summed E-state index contributed by atoms with van der Waals surface area (Å²) in [6.45, 7) is 2.22. The highest BCUT2D eigenvalue weighted by Gasteiger charge is 2.14. The summed E-state index contributed by atoms with van der Waals surface area (Å²) in [7, 11) is 6.28. The number of carbonyl (C=O) groups excluding carboxylic acids is 1. The lowest BCUT2D eigenvalue weighted by atomic mass is 10.2. The van der Waals surface area contributed by atoms with Gasteiger partial charge in [-0.1, -0.05) is 23.4 Å². The minimum Gasteiger partial charge on any atom is -0.493 e. The standard InChI is InChI=1S/C22H25N3O5S/c1-13-6-7-16-15(8-13)21(27)25(2)22(24-16)31-12-19(26)23-11-14-9-17(28-3)20(30-5)18(10-14)29-4/h6-10H,11-12H2,1-5H3,(H,23,26). The van der Waals surface area contributed by atoms with Gasteiger partial charge in [0.15, 0.2) is 16.7 Å². The van der Waals surface area contributed by atoms with Gasteiger partial charge in [0.25, 0.3) is 5.56 Å². The maximum absolute atomic E-state index is 12.6. The molecule has 0 bridgehead atoms. The minimum absolute atomic E-state index is 0.127. The molecule has 0 saturated carbocycles. The number of aryl methyl sites for hydroxylation is 1. The second kappa shape index (κ2) is 9.74. The lowest BCUT2D eigenvalue weighted by molar-refractivity contribution is -0.118. The Morgan fingerprint density at radius 1 is 1.10 bits per heavy atom. The van der Waals surface area contributed by atoms with Gasteiger partial charge in [0.1, 0.15) is 0 Å². The van der Waals surface area contributed by atoms with Crippen LogP contribution in [0, 0.1) is 6.92 Å². The number of aromatic nitrogens is 2. The topological polar surface area (TPSA) is 91.7 Å². The van der Waals surface area contributed by atoms with E-state index in [1.165, 1.54) is 23.4 Å². The number of thioether (sulfide) groups is 1. The Labute approximate surface area is 184 Å². The largest absolute Gasteiger partial charge is 0.493 e. The molecule has 0 spiro atoms. The maximum Gasteiger partial charge on any atom is 0.261 e. The molecule has 0 radical (unpaired) electrons. The van der Waals surface area contributed by atoms with Crippen molar-refractivity contribution >= 4 is 28.6 Å². The molecule has 0 saturated heterocycles. The summed E-state index contributed by atoms with van der Waals surface area (Å²) in [4.78, 5) is 29.5. The zero-order valence-electron chi connectivity index (χ0n) is 18.1. The summed E-state index contributed by atoms with van der Waals surface area (Å²) in [6, 6.07) is 9.12. The van der Waals surface area contributed by atoms with Crippen LogP contribution in [0.25, 0.3) is 10.9 Å². The summed E-state index contributed by atoms with van der Waals surface area (Å²) in [5, 5.41) is 3.92. The molecule has 1 aromatic heterocycles. The molecule has 1 amide bonds. The Morgan fingerprint density at radius 2 is 1.77 bits per heavy atom. The number of methoxy groups -OCH3 is 3. The van der Waals surface area contributed by atoms with Crippen LogP contribution in [0.4, 0.5) is 0 Å². The van der Waals surface area contributed by atoms with Crippen molar-refractivity contribution in [2.75, 3.05) is 27.1 Å². The molecular formula is C22H25N3O5S. The monoisotopic (exact) mass is 443 g/mol. The van der Waals surface area contributed by atoms with Gasteiger partial charge in [-0.2, -0.15) is 0 Å². The van der Waals surface area contributed by atoms with E-state index >= 15 is 0 Å². The molecule has 1 heterocycles. The molecule has 0 aliphatic rings. The smallest absolute Gasteiger partial charge is 0.261 e. The number of nitrogens with zero attached hydrogens (tertiary/aromatic N) is 2. The van der Waals surface area contributed by atoms with Gasteiger partial charge in [-0.3, -0.25) is 14.2 Å². The van der Waals surface area contributed by atoms with Gasteiger partial charge in [0.05, 0.1) is 38.0 Å². The molecule has 2 aromatic carbocycles. The first kappa shape index (κ1) is 22.5. The Bertz CT molecular complexity index is 1150. The van der Waals surface area contributed by atoms with E-state index in [1.807, 2.05) is 25.1 Å². The summed E-state index contributed by atoms with van der Waals surface area (Å²) in [6.07, 6.45) is 0. The van der Waals surface area contributed by atoms with Crippen LogP contribution in [0.1, 0.15) is 11.1 Å². The number of fused-ring (bicyclic) bond motifs is 1. The maximum atomic E-state index is 12.6. The van der Waals surface area contributed by atoms with Gasteiger partial charge in [0.2, 0.25) is 11.7 Å². The highest BCUT2D eigenvalue weighted by atomic mass is 32.2. The molecular weight excluding hydrogens is 418 g/mol. The first-order valence-electron chi connectivity index (χ1n) is 9.53. The van der Waals surface area contributed by atoms with Crippen LogP contribution in [0.2, 0.25) is 0 Å². The van der Waals surface area contributed by atoms with Crippen molar-refractivity contribution in [2.45, 2.75) is 18.6 Å². The van der Waals surface area contributed by atoms with Gasteiger partial charge in [-0.15, -0.1) is 0 Å². The fraction of sp³-hybridized carbons (Fsp3) is 0.318. The first-order chi connectivity index (χ1) is 14.9. The van der Waals surface area contributed by atoms with Crippen LogP contribution in [0.3, 0.4) is 0 Å². The van der Waals surface area contributed by atoms with Gasteiger partial charge in [-0.25, -0.2) is 4.98 Å². The molecule has 9 heteroatoms. The summed E-state index contributed by atoms with van der Waals surface area (Å²) in [5.74, 6) is 1.48. The van der Waals surface area contributed by atoms with Crippen molar-refractivity contribution in [1.29, 1.82) is 0 Å². The molecule has 31 heavy (non-hydrogen) atoms. The van der Waals surface area contributed by atoms with Crippen molar-refractivity contribution in [3.8, 4) is 17.2 Å². The molecule has 3 rings (SSSR count). The predicted molar refractivity (Wildman–Crippen MR) is 120 cm³/mol. The van der Waals surface area contributed by atoms with Crippen molar-refractivity contribution < 1.29 is 19.0 Å². The lowest BCUT2D eigenvalue weighted by Crippen LogP contribution is -2.26. The van der Waals surface area contributed by atoms with Crippen molar-refractivity contribution in [1.82, 2.24) is 14.9 Å². The molecule has 0 aliphatic carbocycles. The van der Waals surface area contributed by atoms with E-state index < -0.39 is 0 Å². The normalized spacial score (nSPS) is 10.7. The van der Waals surface area contributed by atoms with Crippen molar-refractivity contribution in [2.24, 2.45) is 7.05 Å². The van der Waals surface area contributed by atoms with E-state index in [1.54, 1.807) is 33.4 Å². The summed E-state index contributed by atoms with van der Waals surface area (Å²) >= 11 is 1.22. The lowest BCUT2D eigenvalue weighted by Gasteiger charge is -2.14. The highest BCUT2D eigenvalue weighted by Crippen LogP contribution is 2.38. The van der Waals surface area contributed by atoms with E-state index in [9.17, 15) is 9.59 Å². The number of hydrogen-bond acceptors (Lipinski definition) is 7. The number of rotatable bonds is 8. The second-order valence-electron chi connectivity index (χ2n) is 6.88. The van der Waals surface area contributed by atoms with Gasteiger partial charge in [0, 0.05) is 13.6 Å². The summed E-state index contributed by atoms with van der Waals surface area (Å²) < 4.78 is 17.5. The number of nitrogens with one attached hydrogen (secondary N) is 1. The first-order valence-corrected chi connectivity index (χ1v) is 10.5. The van der Waals surface area contributed by atoms with E-state index in [-0.39, 0.29) is 17.2 Å². The molecule has 8 nitrogen and oxygen atoms in total. The molecule has 3 aromatic rings. The zero-order valence-corrected chi connectivity index (χ0v) is 19.0. The molecule has 1 N–H and O–H groups in total. The second-order valence-corrected chi connectivity index (χ2v) is 7.82. The number of benzene rings is 2. The van der Waals surface area contributed by atoms with Gasteiger partial charge < -0.3 is 19.5 Å². The SMILES string of the molecule is COc1cc(CNC(=O)CSc2nc3ccc(C)cc3c(=O)n2C)cc(OC)c1OC. The average molecular weight is 444 g/mol.